The summed E-state index contributed by atoms with van der Waals surface area (Å²) >= 11 is 0. The summed E-state index contributed by atoms with van der Waals surface area (Å²) in [5.41, 5.74) is 0.738. The van der Waals surface area contributed by atoms with E-state index in [1.807, 2.05) is 41.4 Å². The number of aliphatic imine (C=N–C) groups is 1. The number of hydrogen-bond acceptors (Lipinski definition) is 5. The SMILES string of the molecule is CN1C(=O)[C@@H](N2C=CC(C3(O)CCC3)=NC2)COc2ccccc21. The van der Waals surface area contributed by atoms with E-state index in [0.29, 0.717) is 12.4 Å². The molecule has 0 aromatic heterocycles. The molecule has 24 heavy (non-hydrogen) atoms. The number of fused-ring (bicyclic) bond motifs is 1. The van der Waals surface area contributed by atoms with Gasteiger partial charge in [0, 0.05) is 13.2 Å². The molecule has 4 rings (SSSR count). The van der Waals surface area contributed by atoms with Gasteiger partial charge in [-0.15, -0.1) is 0 Å². The number of hydrogen-bond donors (Lipinski definition) is 1. The molecular formula is C18H21N3O3. The van der Waals surface area contributed by atoms with Gasteiger partial charge < -0.3 is 19.6 Å². The number of ether oxygens (including phenoxy) is 1. The number of amides is 1. The normalized spacial score (nSPS) is 25.3. The number of benzene rings is 1. The molecule has 2 heterocycles. The molecule has 1 atom stereocenters. The molecule has 1 amide bonds. The van der Waals surface area contributed by atoms with E-state index in [1.165, 1.54) is 0 Å². The lowest BCUT2D eigenvalue weighted by Gasteiger charge is -2.39. The molecule has 1 N–H and O–H groups in total. The number of nitrogens with zero attached hydrogens (tertiary/aromatic N) is 3. The summed E-state index contributed by atoms with van der Waals surface area (Å²) < 4.78 is 5.85. The van der Waals surface area contributed by atoms with Gasteiger partial charge in [0.25, 0.3) is 5.91 Å². The molecule has 126 valence electrons. The average molecular weight is 327 g/mol. The Bertz CT molecular complexity index is 724. The molecule has 3 aliphatic rings. The van der Waals surface area contributed by atoms with Crippen molar-refractivity contribution in [3.8, 4) is 5.75 Å². The number of carbonyl (C=O) groups excluding carboxylic acids is 1. The maximum Gasteiger partial charge on any atom is 0.253 e. The second-order valence-electron chi connectivity index (χ2n) is 6.59. The van der Waals surface area contributed by atoms with Gasteiger partial charge >= 0.3 is 0 Å². The van der Waals surface area contributed by atoms with Crippen molar-refractivity contribution in [1.82, 2.24) is 4.90 Å². The molecule has 1 fully saturated rings. The van der Waals surface area contributed by atoms with Crippen molar-refractivity contribution < 1.29 is 14.6 Å². The van der Waals surface area contributed by atoms with Gasteiger partial charge in [-0.3, -0.25) is 9.79 Å². The van der Waals surface area contributed by atoms with Crippen LogP contribution in [0.5, 0.6) is 5.75 Å². The van der Waals surface area contributed by atoms with E-state index in [9.17, 15) is 9.90 Å². The Hall–Kier alpha value is -2.34. The Labute approximate surface area is 141 Å². The zero-order valence-corrected chi connectivity index (χ0v) is 13.7. The highest BCUT2D eigenvalue weighted by Crippen LogP contribution is 2.35. The summed E-state index contributed by atoms with van der Waals surface area (Å²) in [6, 6.07) is 7.11. The summed E-state index contributed by atoms with van der Waals surface area (Å²) in [4.78, 5) is 20.8. The lowest BCUT2D eigenvalue weighted by molar-refractivity contribution is -0.123. The van der Waals surface area contributed by atoms with E-state index in [4.69, 9.17) is 4.74 Å². The Morgan fingerprint density at radius 1 is 1.33 bits per heavy atom. The van der Waals surface area contributed by atoms with Crippen molar-refractivity contribution in [2.45, 2.75) is 30.9 Å². The minimum absolute atomic E-state index is 0.0226. The number of likely N-dealkylation sites (N-methyl/N-ethyl adjacent to an activating group) is 1. The third kappa shape index (κ3) is 2.38. The van der Waals surface area contributed by atoms with Crippen molar-refractivity contribution in [1.29, 1.82) is 0 Å². The Balaban J connectivity index is 1.52. The first-order valence-corrected chi connectivity index (χ1v) is 8.29. The van der Waals surface area contributed by atoms with Crippen LogP contribution in [0.2, 0.25) is 0 Å². The molecule has 0 saturated heterocycles. The topological polar surface area (TPSA) is 65.4 Å². The Kier molecular flexibility index (Phi) is 3.57. The van der Waals surface area contributed by atoms with Crippen molar-refractivity contribution in [3.05, 3.63) is 36.5 Å². The first kappa shape index (κ1) is 15.2. The summed E-state index contributed by atoms with van der Waals surface area (Å²) in [5, 5.41) is 10.4. The largest absolute Gasteiger partial charge is 0.489 e. The van der Waals surface area contributed by atoms with Gasteiger partial charge in [-0.25, -0.2) is 0 Å². The summed E-state index contributed by atoms with van der Waals surface area (Å²) in [6.45, 7) is 0.637. The predicted molar refractivity (Wildman–Crippen MR) is 91.2 cm³/mol. The monoisotopic (exact) mass is 327 g/mol. The van der Waals surface area contributed by atoms with Gasteiger partial charge in [0.2, 0.25) is 0 Å². The van der Waals surface area contributed by atoms with Crippen LogP contribution in [0, 0.1) is 0 Å². The van der Waals surface area contributed by atoms with E-state index in [0.717, 1.165) is 30.7 Å². The predicted octanol–water partition coefficient (Wildman–Crippen LogP) is 1.55. The van der Waals surface area contributed by atoms with Crippen molar-refractivity contribution >= 4 is 17.3 Å². The molecule has 6 nitrogen and oxygen atoms in total. The second-order valence-corrected chi connectivity index (χ2v) is 6.59. The van der Waals surface area contributed by atoms with Crippen molar-refractivity contribution in [2.24, 2.45) is 4.99 Å². The molecule has 1 aromatic rings. The van der Waals surface area contributed by atoms with Gasteiger partial charge in [-0.1, -0.05) is 12.1 Å². The fraction of sp³-hybridized carbons (Fsp3) is 0.444. The minimum atomic E-state index is -0.764. The van der Waals surface area contributed by atoms with Crippen LogP contribution in [0.3, 0.4) is 0 Å². The highest BCUT2D eigenvalue weighted by molar-refractivity contribution is 6.03. The van der Waals surface area contributed by atoms with Crippen LogP contribution in [0.25, 0.3) is 0 Å². The van der Waals surface area contributed by atoms with Crippen LogP contribution in [-0.4, -0.2) is 53.6 Å². The first-order chi connectivity index (χ1) is 11.6. The summed E-state index contributed by atoms with van der Waals surface area (Å²) in [6.07, 6.45) is 6.24. The van der Waals surface area contributed by atoms with Gasteiger partial charge in [-0.2, -0.15) is 0 Å². The van der Waals surface area contributed by atoms with Gasteiger partial charge in [0.05, 0.1) is 11.4 Å². The summed E-state index contributed by atoms with van der Waals surface area (Å²) in [7, 11) is 1.77. The fourth-order valence-electron chi connectivity index (χ4n) is 3.37. The van der Waals surface area contributed by atoms with Crippen LogP contribution >= 0.6 is 0 Å². The van der Waals surface area contributed by atoms with Crippen LogP contribution in [-0.2, 0) is 4.79 Å². The zero-order chi connectivity index (χ0) is 16.7. The van der Waals surface area contributed by atoms with Gasteiger partial charge in [-0.05, 0) is 37.5 Å². The molecule has 0 spiro atoms. The number of para-hydroxylation sites is 2. The fourth-order valence-corrected chi connectivity index (χ4v) is 3.37. The Morgan fingerprint density at radius 3 is 2.79 bits per heavy atom. The van der Waals surface area contributed by atoms with Gasteiger partial charge in [0.15, 0.2) is 0 Å². The number of aliphatic hydroxyl groups is 1. The molecular weight excluding hydrogens is 306 g/mol. The molecule has 0 unspecified atom stereocenters. The zero-order valence-electron chi connectivity index (χ0n) is 13.7. The smallest absolute Gasteiger partial charge is 0.253 e. The van der Waals surface area contributed by atoms with Gasteiger partial charge in [0.1, 0.15) is 30.7 Å². The van der Waals surface area contributed by atoms with Crippen molar-refractivity contribution in [3.63, 3.8) is 0 Å². The lowest BCUT2D eigenvalue weighted by atomic mass is 9.76. The molecule has 0 radical (unpaired) electrons. The highest BCUT2D eigenvalue weighted by Gasteiger charge is 2.40. The van der Waals surface area contributed by atoms with E-state index in [2.05, 4.69) is 4.99 Å². The molecule has 0 bridgehead atoms. The third-order valence-electron chi connectivity index (χ3n) is 5.13. The lowest BCUT2D eigenvalue weighted by Crippen LogP contribution is -2.50. The molecule has 1 aromatic carbocycles. The highest BCUT2D eigenvalue weighted by atomic mass is 16.5. The third-order valence-corrected chi connectivity index (χ3v) is 5.13. The quantitative estimate of drug-likeness (QED) is 0.895. The number of rotatable bonds is 2. The molecule has 2 aliphatic heterocycles. The average Bonchev–Trinajstić information content (AvgIpc) is 2.71. The molecule has 1 aliphatic carbocycles. The van der Waals surface area contributed by atoms with Crippen LogP contribution in [0.1, 0.15) is 19.3 Å². The maximum absolute atomic E-state index is 12.8. The minimum Gasteiger partial charge on any atom is -0.489 e. The second kappa shape index (κ2) is 5.63. The van der Waals surface area contributed by atoms with E-state index in [-0.39, 0.29) is 12.5 Å². The molecule has 1 saturated carbocycles. The standard InChI is InChI=1S/C18H21N3O3/c1-20-13-5-2-3-6-15(13)24-11-14(17(20)22)21-10-7-16(19-12-21)18(23)8-4-9-18/h2-3,5-7,10,14,23H,4,8-9,11-12H2,1H3/t14-/m0/s1. The van der Waals surface area contributed by atoms with E-state index < -0.39 is 11.6 Å². The maximum atomic E-state index is 12.8. The van der Waals surface area contributed by atoms with E-state index >= 15 is 0 Å². The number of anilines is 1. The first-order valence-electron chi connectivity index (χ1n) is 8.29. The van der Waals surface area contributed by atoms with Crippen LogP contribution in [0.4, 0.5) is 5.69 Å². The van der Waals surface area contributed by atoms with Crippen LogP contribution < -0.4 is 9.64 Å². The summed E-state index contributed by atoms with van der Waals surface area (Å²) in [5.74, 6) is 0.690. The van der Waals surface area contributed by atoms with E-state index in [1.54, 1.807) is 11.9 Å². The molecule has 6 heteroatoms. The van der Waals surface area contributed by atoms with Crippen molar-refractivity contribution in [2.75, 3.05) is 25.2 Å². The Morgan fingerprint density at radius 2 is 2.12 bits per heavy atom. The number of carbonyl (C=O) groups is 1. The van der Waals surface area contributed by atoms with Crippen LogP contribution in [0.15, 0.2) is 41.5 Å².